The van der Waals surface area contributed by atoms with Gasteiger partial charge in [-0.15, -0.1) is 0 Å². The van der Waals surface area contributed by atoms with Gasteiger partial charge in [0.1, 0.15) is 0 Å². The molecule has 3 nitrogen and oxygen atoms in total. The highest BCUT2D eigenvalue weighted by Gasteiger charge is 2.52. The van der Waals surface area contributed by atoms with E-state index in [-0.39, 0.29) is 10.8 Å². The molecule has 2 aliphatic rings. The van der Waals surface area contributed by atoms with Crippen LogP contribution in [0.5, 0.6) is 0 Å². The minimum absolute atomic E-state index is 0.177. The Morgan fingerprint density at radius 1 is 1.07 bits per heavy atom. The maximum Gasteiger partial charge on any atom is 0.332 e. The predicted molar refractivity (Wildman–Crippen MR) is 118 cm³/mol. The number of hydrogen-bond donors (Lipinski definition) is 0. The first-order chi connectivity index (χ1) is 13.3. The largest absolute Gasteiger partial charge is 0.332 e. The highest BCUT2D eigenvalue weighted by Crippen LogP contribution is 2.58. The lowest BCUT2D eigenvalue weighted by Crippen LogP contribution is -2.50. The molecule has 0 heterocycles. The van der Waals surface area contributed by atoms with E-state index >= 15 is 0 Å². The van der Waals surface area contributed by atoms with Gasteiger partial charge in [0.15, 0.2) is 0 Å². The molecule has 0 aromatic heterocycles. The van der Waals surface area contributed by atoms with Crippen molar-refractivity contribution < 1.29 is 13.6 Å². The lowest BCUT2D eigenvalue weighted by Gasteiger charge is -2.55. The second kappa shape index (κ2) is 9.13. The van der Waals surface area contributed by atoms with Crippen LogP contribution < -0.4 is 0 Å². The monoisotopic (exact) mass is 406 g/mol. The summed E-state index contributed by atoms with van der Waals surface area (Å²) in [6.45, 7) is 15.5. The van der Waals surface area contributed by atoms with Gasteiger partial charge >= 0.3 is 8.60 Å². The van der Waals surface area contributed by atoms with E-state index in [1.165, 1.54) is 37.7 Å². The van der Waals surface area contributed by atoms with Crippen LogP contribution in [0.2, 0.25) is 0 Å². The van der Waals surface area contributed by atoms with Crippen LogP contribution in [0.4, 0.5) is 0 Å². The zero-order valence-corrected chi connectivity index (χ0v) is 19.6. The van der Waals surface area contributed by atoms with E-state index in [2.05, 4.69) is 45.9 Å². The molecule has 0 saturated heterocycles. The second-order valence-electron chi connectivity index (χ2n) is 9.42. The SMILES string of the molecule is CCOP(OCC)OC[C@]1(C)CCCC2(C)c3ccc(C(C)C)cc3CCC21. The summed E-state index contributed by atoms with van der Waals surface area (Å²) in [5.41, 5.74) is 5.08. The molecule has 1 aromatic carbocycles. The normalized spacial score (nSPS) is 29.8. The molecule has 0 spiro atoms. The summed E-state index contributed by atoms with van der Waals surface area (Å²) in [4.78, 5) is 0. The molecule has 0 N–H and O–H groups in total. The van der Waals surface area contributed by atoms with E-state index in [0.29, 0.717) is 25.0 Å². The first-order valence-corrected chi connectivity index (χ1v) is 12.3. The lowest BCUT2D eigenvalue weighted by molar-refractivity contribution is -0.0164. The van der Waals surface area contributed by atoms with Gasteiger partial charge in [-0.2, -0.15) is 0 Å². The van der Waals surface area contributed by atoms with Crippen molar-refractivity contribution in [2.45, 2.75) is 85.0 Å². The maximum absolute atomic E-state index is 6.22. The Labute approximate surface area is 173 Å². The molecule has 0 bridgehead atoms. The van der Waals surface area contributed by atoms with Crippen molar-refractivity contribution in [1.82, 2.24) is 0 Å². The molecule has 2 unspecified atom stereocenters. The molecule has 0 amide bonds. The summed E-state index contributed by atoms with van der Waals surface area (Å²) < 4.78 is 17.6. The number of aryl methyl sites for hydroxylation is 1. The summed E-state index contributed by atoms with van der Waals surface area (Å²) >= 11 is 0. The molecule has 28 heavy (non-hydrogen) atoms. The molecule has 0 radical (unpaired) electrons. The minimum atomic E-state index is -1.22. The molecule has 2 aliphatic carbocycles. The predicted octanol–water partition coefficient (Wildman–Crippen LogP) is 7.14. The van der Waals surface area contributed by atoms with E-state index in [4.69, 9.17) is 13.6 Å². The van der Waals surface area contributed by atoms with Crippen LogP contribution in [-0.4, -0.2) is 19.8 Å². The topological polar surface area (TPSA) is 27.7 Å². The summed E-state index contributed by atoms with van der Waals surface area (Å²) in [6, 6.07) is 7.28. The number of fused-ring (bicyclic) bond motifs is 3. The lowest BCUT2D eigenvalue weighted by atomic mass is 9.50. The van der Waals surface area contributed by atoms with Crippen LogP contribution in [-0.2, 0) is 25.4 Å². The third-order valence-corrected chi connectivity index (χ3v) is 8.41. The van der Waals surface area contributed by atoms with Crippen molar-refractivity contribution in [3.05, 3.63) is 34.9 Å². The number of hydrogen-bond acceptors (Lipinski definition) is 3. The molecule has 158 valence electrons. The Balaban J connectivity index is 1.82. The van der Waals surface area contributed by atoms with E-state index in [0.717, 1.165) is 6.61 Å². The van der Waals surface area contributed by atoms with Crippen LogP contribution in [0.25, 0.3) is 0 Å². The van der Waals surface area contributed by atoms with Gasteiger partial charge < -0.3 is 13.6 Å². The van der Waals surface area contributed by atoms with Gasteiger partial charge in [-0.25, -0.2) is 0 Å². The van der Waals surface area contributed by atoms with Gasteiger partial charge in [0.05, 0.1) is 19.8 Å². The molecule has 1 aromatic rings. The Hall–Kier alpha value is -0.470. The summed E-state index contributed by atoms with van der Waals surface area (Å²) in [6.07, 6.45) is 6.23. The Morgan fingerprint density at radius 2 is 1.79 bits per heavy atom. The summed E-state index contributed by atoms with van der Waals surface area (Å²) in [5, 5.41) is 0. The van der Waals surface area contributed by atoms with Crippen molar-refractivity contribution in [1.29, 1.82) is 0 Å². The molecule has 3 rings (SSSR count). The third-order valence-electron chi connectivity index (χ3n) is 7.14. The fourth-order valence-corrected chi connectivity index (χ4v) is 6.74. The van der Waals surface area contributed by atoms with Crippen molar-refractivity contribution in [3.63, 3.8) is 0 Å². The van der Waals surface area contributed by atoms with Crippen molar-refractivity contribution in [2.24, 2.45) is 11.3 Å². The van der Waals surface area contributed by atoms with Crippen LogP contribution >= 0.6 is 8.60 Å². The number of benzene rings is 1. The standard InChI is InChI=1S/C24H39O3P/c1-7-25-28(26-8-2)27-17-23(5)14-9-15-24(6)21-12-10-19(18(3)4)16-20(21)11-13-22(23)24/h10,12,16,18,22H,7-9,11,13-15,17H2,1-6H3/t22?,23-,24?/m0/s1. The third kappa shape index (κ3) is 4.33. The minimum Gasteiger partial charge on any atom is -0.313 e. The van der Waals surface area contributed by atoms with E-state index in [1.807, 2.05) is 13.8 Å². The molecule has 4 heteroatoms. The van der Waals surface area contributed by atoms with E-state index in [1.54, 1.807) is 11.1 Å². The van der Waals surface area contributed by atoms with Gasteiger partial charge in [-0.05, 0) is 78.9 Å². The Bertz CT molecular complexity index is 655. The average Bonchev–Trinajstić information content (AvgIpc) is 2.66. The molecule has 0 aliphatic heterocycles. The fourth-order valence-electron chi connectivity index (χ4n) is 5.70. The zero-order valence-electron chi connectivity index (χ0n) is 18.7. The van der Waals surface area contributed by atoms with Crippen molar-refractivity contribution in [2.75, 3.05) is 19.8 Å². The van der Waals surface area contributed by atoms with Gasteiger partial charge in [0.25, 0.3) is 0 Å². The zero-order chi connectivity index (χ0) is 20.4. The van der Waals surface area contributed by atoms with Crippen LogP contribution in [0.3, 0.4) is 0 Å². The first-order valence-electron chi connectivity index (χ1n) is 11.2. The Kier molecular flexibility index (Phi) is 7.24. The van der Waals surface area contributed by atoms with E-state index in [9.17, 15) is 0 Å². The molecule has 1 fully saturated rings. The quantitative estimate of drug-likeness (QED) is 0.430. The van der Waals surface area contributed by atoms with Crippen molar-refractivity contribution >= 4 is 8.60 Å². The summed E-state index contributed by atoms with van der Waals surface area (Å²) in [5.74, 6) is 1.24. The van der Waals surface area contributed by atoms with E-state index < -0.39 is 8.60 Å². The van der Waals surface area contributed by atoms with Crippen LogP contribution in [0, 0.1) is 11.3 Å². The molecule has 3 atom stereocenters. The summed E-state index contributed by atoms with van der Waals surface area (Å²) in [7, 11) is -1.22. The van der Waals surface area contributed by atoms with Gasteiger partial charge in [-0.3, -0.25) is 0 Å². The highest BCUT2D eigenvalue weighted by molar-refractivity contribution is 7.41. The second-order valence-corrected chi connectivity index (χ2v) is 10.6. The smallest absolute Gasteiger partial charge is 0.313 e. The van der Waals surface area contributed by atoms with Gasteiger partial charge in [-0.1, -0.05) is 52.3 Å². The van der Waals surface area contributed by atoms with Gasteiger partial charge in [0, 0.05) is 0 Å². The van der Waals surface area contributed by atoms with Crippen LogP contribution in [0.1, 0.15) is 89.8 Å². The van der Waals surface area contributed by atoms with Crippen LogP contribution in [0.15, 0.2) is 18.2 Å². The Morgan fingerprint density at radius 3 is 2.43 bits per heavy atom. The van der Waals surface area contributed by atoms with Crippen molar-refractivity contribution in [3.8, 4) is 0 Å². The molecular weight excluding hydrogens is 367 g/mol. The fraction of sp³-hybridized carbons (Fsp3) is 0.750. The molecular formula is C24H39O3P. The first kappa shape index (κ1) is 22.2. The highest BCUT2D eigenvalue weighted by atomic mass is 31.2. The maximum atomic E-state index is 6.22. The molecule has 1 saturated carbocycles. The van der Waals surface area contributed by atoms with Gasteiger partial charge in [0.2, 0.25) is 0 Å². The number of rotatable bonds is 8. The average molecular weight is 407 g/mol.